The summed E-state index contributed by atoms with van der Waals surface area (Å²) in [7, 11) is 0. The summed E-state index contributed by atoms with van der Waals surface area (Å²) in [5, 5.41) is 0. The minimum atomic E-state index is 0.499. The van der Waals surface area contributed by atoms with Gasteiger partial charge in [0, 0.05) is 11.9 Å². The molecule has 0 aromatic carbocycles. The van der Waals surface area contributed by atoms with E-state index >= 15 is 0 Å². The molecule has 0 aliphatic carbocycles. The molecule has 0 amide bonds. The number of fused-ring (bicyclic) bond motifs is 1. The lowest BCUT2D eigenvalue weighted by Gasteiger charge is -2.04. The lowest BCUT2D eigenvalue weighted by molar-refractivity contribution is 0.829. The van der Waals surface area contributed by atoms with Crippen LogP contribution >= 0.6 is 0 Å². The molecule has 2 rings (SSSR count). The first-order valence-corrected chi connectivity index (χ1v) is 5.19. The van der Waals surface area contributed by atoms with Crippen LogP contribution in [0.1, 0.15) is 37.9 Å². The quantitative estimate of drug-likeness (QED) is 0.770. The van der Waals surface area contributed by atoms with E-state index in [0.717, 1.165) is 17.5 Å². The van der Waals surface area contributed by atoms with Crippen LogP contribution in [-0.4, -0.2) is 9.97 Å². The molecule has 0 fully saturated rings. The molecule has 2 aromatic heterocycles. The highest BCUT2D eigenvalue weighted by atomic mass is 14.8. The molecule has 0 atom stereocenters. The number of H-pyrrole nitrogens is 1. The topological polar surface area (TPSA) is 28.7 Å². The van der Waals surface area contributed by atoms with Gasteiger partial charge in [0.1, 0.15) is 0 Å². The summed E-state index contributed by atoms with van der Waals surface area (Å²) in [6, 6.07) is 4.22. The van der Waals surface area contributed by atoms with E-state index in [1.54, 1.807) is 0 Å². The van der Waals surface area contributed by atoms with Crippen LogP contribution in [0.25, 0.3) is 11.0 Å². The van der Waals surface area contributed by atoms with Crippen molar-refractivity contribution in [2.75, 3.05) is 0 Å². The highest BCUT2D eigenvalue weighted by Crippen LogP contribution is 2.20. The van der Waals surface area contributed by atoms with Crippen LogP contribution in [0, 0.1) is 0 Å². The predicted octanol–water partition coefficient (Wildman–Crippen LogP) is 3.25. The first-order valence-electron chi connectivity index (χ1n) is 5.19. The highest BCUT2D eigenvalue weighted by Gasteiger charge is 2.06. The van der Waals surface area contributed by atoms with Crippen LogP contribution in [-0.2, 0) is 6.42 Å². The monoisotopic (exact) mass is 188 g/mol. The molecule has 0 saturated carbocycles. The number of aryl methyl sites for hydroxylation is 1. The van der Waals surface area contributed by atoms with Gasteiger partial charge in [-0.1, -0.05) is 20.8 Å². The van der Waals surface area contributed by atoms with Crippen molar-refractivity contribution in [2.45, 2.75) is 33.1 Å². The Morgan fingerprint density at radius 3 is 2.79 bits per heavy atom. The molecule has 0 saturated heterocycles. The maximum Gasteiger partial charge on any atom is 0.0914 e. The first-order chi connectivity index (χ1) is 6.72. The molecule has 2 aromatic rings. The van der Waals surface area contributed by atoms with E-state index in [-0.39, 0.29) is 0 Å². The van der Waals surface area contributed by atoms with Crippen molar-refractivity contribution in [3.63, 3.8) is 0 Å². The molecule has 2 heteroatoms. The zero-order valence-electron chi connectivity index (χ0n) is 8.96. The smallest absolute Gasteiger partial charge is 0.0914 e. The van der Waals surface area contributed by atoms with Gasteiger partial charge >= 0.3 is 0 Å². The Kier molecular flexibility index (Phi) is 2.28. The molecule has 14 heavy (non-hydrogen) atoms. The van der Waals surface area contributed by atoms with Gasteiger partial charge in [0.15, 0.2) is 0 Å². The Balaban J connectivity index is 2.61. The van der Waals surface area contributed by atoms with Crippen molar-refractivity contribution in [3.05, 3.63) is 29.6 Å². The average molecular weight is 188 g/mol. The van der Waals surface area contributed by atoms with E-state index in [9.17, 15) is 0 Å². The van der Waals surface area contributed by atoms with Gasteiger partial charge in [-0.25, -0.2) is 0 Å². The van der Waals surface area contributed by atoms with Crippen molar-refractivity contribution in [3.8, 4) is 0 Å². The number of hydrogen-bond donors (Lipinski definition) is 1. The molecule has 1 N–H and O–H groups in total. The van der Waals surface area contributed by atoms with Gasteiger partial charge in [0.25, 0.3) is 0 Å². The van der Waals surface area contributed by atoms with Gasteiger partial charge in [-0.05, 0) is 30.0 Å². The minimum Gasteiger partial charge on any atom is -0.360 e. The normalized spacial score (nSPS) is 11.4. The lowest BCUT2D eigenvalue weighted by Crippen LogP contribution is -1.92. The molecular weight excluding hydrogens is 172 g/mol. The Morgan fingerprint density at radius 2 is 2.14 bits per heavy atom. The molecule has 74 valence electrons. The third-order valence-corrected chi connectivity index (χ3v) is 2.60. The minimum absolute atomic E-state index is 0.499. The Morgan fingerprint density at radius 1 is 1.36 bits per heavy atom. The third kappa shape index (κ3) is 1.41. The van der Waals surface area contributed by atoms with Crippen LogP contribution in [0.2, 0.25) is 0 Å². The van der Waals surface area contributed by atoms with Gasteiger partial charge in [0.05, 0.1) is 11.0 Å². The summed E-state index contributed by atoms with van der Waals surface area (Å²) < 4.78 is 0. The number of aromatic nitrogens is 2. The number of nitrogens with zero attached hydrogens (tertiary/aromatic N) is 1. The second-order valence-corrected chi connectivity index (χ2v) is 3.95. The fourth-order valence-corrected chi connectivity index (χ4v) is 1.66. The van der Waals surface area contributed by atoms with Gasteiger partial charge in [-0.3, -0.25) is 4.98 Å². The molecule has 2 heterocycles. The molecule has 0 aliphatic heterocycles. The van der Waals surface area contributed by atoms with Crippen molar-refractivity contribution in [1.29, 1.82) is 0 Å². The lowest BCUT2D eigenvalue weighted by atomic mass is 10.1. The standard InChI is InChI=1S/C12H16N2/c1-4-9-7-13-11-6-5-10(8(2)3)14-12(9)11/h5-8,13H,4H2,1-3H3. The predicted molar refractivity (Wildman–Crippen MR) is 59.6 cm³/mol. The van der Waals surface area contributed by atoms with Gasteiger partial charge < -0.3 is 4.98 Å². The zero-order chi connectivity index (χ0) is 10.1. The Labute approximate surface area is 84.4 Å². The fourth-order valence-electron chi connectivity index (χ4n) is 1.66. The van der Waals surface area contributed by atoms with Crippen molar-refractivity contribution in [1.82, 2.24) is 9.97 Å². The molecule has 0 aliphatic rings. The van der Waals surface area contributed by atoms with Gasteiger partial charge in [0.2, 0.25) is 0 Å². The van der Waals surface area contributed by atoms with E-state index in [1.807, 2.05) is 0 Å². The molecule has 0 unspecified atom stereocenters. The van der Waals surface area contributed by atoms with E-state index in [0.29, 0.717) is 5.92 Å². The molecule has 0 radical (unpaired) electrons. The van der Waals surface area contributed by atoms with Crippen LogP contribution in [0.15, 0.2) is 18.3 Å². The second kappa shape index (κ2) is 3.45. The van der Waals surface area contributed by atoms with Gasteiger partial charge in [-0.15, -0.1) is 0 Å². The number of hydrogen-bond acceptors (Lipinski definition) is 1. The van der Waals surface area contributed by atoms with Crippen LogP contribution in [0.5, 0.6) is 0 Å². The summed E-state index contributed by atoms with van der Waals surface area (Å²) >= 11 is 0. The highest BCUT2D eigenvalue weighted by molar-refractivity contribution is 5.79. The van der Waals surface area contributed by atoms with Crippen LogP contribution in [0.3, 0.4) is 0 Å². The number of nitrogens with one attached hydrogen (secondary N) is 1. The number of rotatable bonds is 2. The van der Waals surface area contributed by atoms with Crippen LogP contribution < -0.4 is 0 Å². The van der Waals surface area contributed by atoms with Gasteiger partial charge in [-0.2, -0.15) is 0 Å². The van der Waals surface area contributed by atoms with Crippen molar-refractivity contribution in [2.24, 2.45) is 0 Å². The van der Waals surface area contributed by atoms with E-state index in [2.05, 4.69) is 49.1 Å². The van der Waals surface area contributed by atoms with Crippen LogP contribution in [0.4, 0.5) is 0 Å². The van der Waals surface area contributed by atoms with E-state index < -0.39 is 0 Å². The van der Waals surface area contributed by atoms with Crippen molar-refractivity contribution < 1.29 is 0 Å². The van der Waals surface area contributed by atoms with E-state index in [4.69, 9.17) is 0 Å². The Hall–Kier alpha value is -1.31. The Bertz CT molecular complexity index is 441. The SMILES string of the molecule is CCc1c[nH]c2ccc(C(C)C)nc12. The maximum atomic E-state index is 4.67. The molecule has 0 bridgehead atoms. The summed E-state index contributed by atoms with van der Waals surface area (Å²) in [4.78, 5) is 7.92. The first kappa shape index (κ1) is 9.25. The summed E-state index contributed by atoms with van der Waals surface area (Å²) in [6.07, 6.45) is 3.09. The summed E-state index contributed by atoms with van der Waals surface area (Å²) in [5.41, 5.74) is 4.76. The fraction of sp³-hybridized carbons (Fsp3) is 0.417. The molecular formula is C12H16N2. The average Bonchev–Trinajstić information content (AvgIpc) is 2.59. The molecule has 0 spiro atoms. The summed E-state index contributed by atoms with van der Waals surface area (Å²) in [5.74, 6) is 0.499. The largest absolute Gasteiger partial charge is 0.360 e. The molecule has 2 nitrogen and oxygen atoms in total. The zero-order valence-corrected chi connectivity index (χ0v) is 8.96. The maximum absolute atomic E-state index is 4.67. The van der Waals surface area contributed by atoms with E-state index in [1.165, 1.54) is 11.3 Å². The third-order valence-electron chi connectivity index (χ3n) is 2.60. The number of pyridine rings is 1. The van der Waals surface area contributed by atoms with Crippen molar-refractivity contribution >= 4 is 11.0 Å². The number of aromatic amines is 1. The summed E-state index contributed by atoms with van der Waals surface area (Å²) in [6.45, 7) is 6.51. The second-order valence-electron chi connectivity index (χ2n) is 3.95.